The Morgan fingerprint density at radius 3 is 2.74 bits per heavy atom. The maximum Gasteiger partial charge on any atom is 0.191 e. The maximum absolute atomic E-state index is 5.31. The zero-order chi connectivity index (χ0) is 16.7. The number of ether oxygens (including phenoxy) is 1. The van der Waals surface area contributed by atoms with E-state index in [1.165, 1.54) is 10.4 Å². The Kier molecular flexibility index (Phi) is 6.40. The van der Waals surface area contributed by atoms with E-state index < -0.39 is 0 Å². The summed E-state index contributed by atoms with van der Waals surface area (Å²) in [4.78, 5) is 10.2. The summed E-state index contributed by atoms with van der Waals surface area (Å²) in [6.45, 7) is 8.28. The zero-order valence-electron chi connectivity index (χ0n) is 14.1. The molecule has 0 aliphatic heterocycles. The second-order valence-corrected chi connectivity index (χ2v) is 6.59. The standard InChI is InChI=1S/C17H24N4OS/c1-5-18-17(21-11-16-19-9-13(3)23-16)20-10-14-6-12(2)7-15(8-14)22-4/h6-9H,5,10-11H2,1-4H3,(H2,18,20,21). The molecule has 1 aromatic carbocycles. The summed E-state index contributed by atoms with van der Waals surface area (Å²) >= 11 is 1.70. The molecule has 2 N–H and O–H groups in total. The minimum Gasteiger partial charge on any atom is -0.497 e. The van der Waals surface area contributed by atoms with Gasteiger partial charge in [-0.3, -0.25) is 0 Å². The molecule has 2 aromatic rings. The van der Waals surface area contributed by atoms with Gasteiger partial charge in [-0.1, -0.05) is 6.07 Å². The second-order valence-electron chi connectivity index (χ2n) is 5.27. The van der Waals surface area contributed by atoms with E-state index in [-0.39, 0.29) is 0 Å². The number of guanidine groups is 1. The predicted molar refractivity (Wildman–Crippen MR) is 96.2 cm³/mol. The normalized spacial score (nSPS) is 11.4. The highest BCUT2D eigenvalue weighted by atomic mass is 32.1. The lowest BCUT2D eigenvalue weighted by molar-refractivity contribution is 0.414. The fraction of sp³-hybridized carbons (Fsp3) is 0.412. The van der Waals surface area contributed by atoms with Crippen LogP contribution in [-0.4, -0.2) is 24.6 Å². The first-order valence-corrected chi connectivity index (χ1v) is 8.50. The van der Waals surface area contributed by atoms with E-state index in [1.54, 1.807) is 18.4 Å². The van der Waals surface area contributed by atoms with Crippen LogP contribution in [0, 0.1) is 13.8 Å². The van der Waals surface area contributed by atoms with Gasteiger partial charge in [0.1, 0.15) is 10.8 Å². The van der Waals surface area contributed by atoms with E-state index in [4.69, 9.17) is 4.74 Å². The first kappa shape index (κ1) is 17.3. The van der Waals surface area contributed by atoms with Gasteiger partial charge in [0.25, 0.3) is 0 Å². The fourth-order valence-corrected chi connectivity index (χ4v) is 2.92. The molecule has 0 aliphatic carbocycles. The molecule has 0 bridgehead atoms. The van der Waals surface area contributed by atoms with Crippen molar-refractivity contribution in [2.45, 2.75) is 33.9 Å². The molecule has 6 heteroatoms. The molecule has 0 aliphatic rings. The summed E-state index contributed by atoms with van der Waals surface area (Å²) in [6.07, 6.45) is 1.89. The Morgan fingerprint density at radius 1 is 1.26 bits per heavy atom. The molecule has 0 unspecified atom stereocenters. The lowest BCUT2D eigenvalue weighted by atomic mass is 10.1. The van der Waals surface area contributed by atoms with Crippen molar-refractivity contribution in [1.82, 2.24) is 15.6 Å². The smallest absolute Gasteiger partial charge is 0.191 e. The van der Waals surface area contributed by atoms with Gasteiger partial charge in [-0.25, -0.2) is 9.98 Å². The van der Waals surface area contributed by atoms with Crippen LogP contribution in [0.5, 0.6) is 5.75 Å². The van der Waals surface area contributed by atoms with Gasteiger partial charge in [-0.05, 0) is 44.0 Å². The van der Waals surface area contributed by atoms with Gasteiger partial charge in [0.2, 0.25) is 0 Å². The van der Waals surface area contributed by atoms with Crippen molar-refractivity contribution in [2.75, 3.05) is 13.7 Å². The number of aliphatic imine (C=N–C) groups is 1. The molecule has 1 aromatic heterocycles. The Balaban J connectivity index is 2.01. The molecular formula is C17H24N4OS. The van der Waals surface area contributed by atoms with Crippen LogP contribution in [0.15, 0.2) is 29.4 Å². The van der Waals surface area contributed by atoms with Crippen LogP contribution in [0.25, 0.3) is 0 Å². The summed E-state index contributed by atoms with van der Waals surface area (Å²) in [7, 11) is 1.68. The third-order valence-corrected chi connectivity index (χ3v) is 4.10. The number of aromatic nitrogens is 1. The maximum atomic E-state index is 5.31. The quantitative estimate of drug-likeness (QED) is 0.631. The largest absolute Gasteiger partial charge is 0.497 e. The first-order valence-electron chi connectivity index (χ1n) is 7.68. The molecule has 0 amide bonds. The lowest BCUT2D eigenvalue weighted by Gasteiger charge is -2.10. The van der Waals surface area contributed by atoms with Crippen molar-refractivity contribution in [3.8, 4) is 5.75 Å². The van der Waals surface area contributed by atoms with E-state index >= 15 is 0 Å². The van der Waals surface area contributed by atoms with E-state index in [0.29, 0.717) is 13.1 Å². The highest BCUT2D eigenvalue weighted by Crippen LogP contribution is 2.17. The van der Waals surface area contributed by atoms with Gasteiger partial charge in [0, 0.05) is 17.6 Å². The summed E-state index contributed by atoms with van der Waals surface area (Å²) in [6, 6.07) is 6.16. The van der Waals surface area contributed by atoms with Crippen molar-refractivity contribution in [3.63, 3.8) is 0 Å². The van der Waals surface area contributed by atoms with Crippen molar-refractivity contribution in [1.29, 1.82) is 0 Å². The Bertz CT molecular complexity index is 666. The molecule has 5 nitrogen and oxygen atoms in total. The van der Waals surface area contributed by atoms with Gasteiger partial charge >= 0.3 is 0 Å². The van der Waals surface area contributed by atoms with E-state index in [1.807, 2.05) is 18.3 Å². The van der Waals surface area contributed by atoms with E-state index in [0.717, 1.165) is 28.8 Å². The van der Waals surface area contributed by atoms with Crippen LogP contribution >= 0.6 is 11.3 Å². The van der Waals surface area contributed by atoms with E-state index in [2.05, 4.69) is 47.4 Å². The third kappa shape index (κ3) is 5.56. The van der Waals surface area contributed by atoms with Crippen LogP contribution in [0.3, 0.4) is 0 Å². The molecular weight excluding hydrogens is 308 g/mol. The molecule has 0 atom stereocenters. The SMILES string of the molecule is CCNC(=NCc1cc(C)cc(OC)c1)NCc1ncc(C)s1. The van der Waals surface area contributed by atoms with Gasteiger partial charge in [-0.2, -0.15) is 0 Å². The summed E-state index contributed by atoms with van der Waals surface area (Å²) in [5, 5.41) is 7.64. The number of nitrogens with one attached hydrogen (secondary N) is 2. The zero-order valence-corrected chi connectivity index (χ0v) is 15.0. The number of aryl methyl sites for hydroxylation is 2. The van der Waals surface area contributed by atoms with Gasteiger partial charge in [-0.15, -0.1) is 11.3 Å². The minimum atomic E-state index is 0.601. The minimum absolute atomic E-state index is 0.601. The molecule has 124 valence electrons. The first-order chi connectivity index (χ1) is 11.1. The molecule has 23 heavy (non-hydrogen) atoms. The summed E-state index contributed by atoms with van der Waals surface area (Å²) in [5.41, 5.74) is 2.30. The van der Waals surface area contributed by atoms with Crippen LogP contribution < -0.4 is 15.4 Å². The number of hydrogen-bond acceptors (Lipinski definition) is 4. The number of rotatable bonds is 6. The van der Waals surface area contributed by atoms with Crippen molar-refractivity contribution in [3.05, 3.63) is 45.4 Å². The summed E-state index contributed by atoms with van der Waals surface area (Å²) < 4.78 is 5.31. The molecule has 0 saturated heterocycles. The number of hydrogen-bond donors (Lipinski definition) is 2. The van der Waals surface area contributed by atoms with Crippen LogP contribution in [0.4, 0.5) is 0 Å². The summed E-state index contributed by atoms with van der Waals surface area (Å²) in [5.74, 6) is 1.66. The lowest BCUT2D eigenvalue weighted by Crippen LogP contribution is -2.36. The van der Waals surface area contributed by atoms with Gasteiger partial charge in [0.05, 0.1) is 20.2 Å². The number of methoxy groups -OCH3 is 1. The highest BCUT2D eigenvalue weighted by Gasteiger charge is 2.03. The monoisotopic (exact) mass is 332 g/mol. The average molecular weight is 332 g/mol. The Morgan fingerprint density at radius 2 is 2.09 bits per heavy atom. The Hall–Kier alpha value is -2.08. The van der Waals surface area contributed by atoms with Crippen LogP contribution in [0.2, 0.25) is 0 Å². The topological polar surface area (TPSA) is 58.5 Å². The van der Waals surface area contributed by atoms with Crippen molar-refractivity contribution >= 4 is 17.3 Å². The predicted octanol–water partition coefficient (Wildman–Crippen LogP) is 3.02. The van der Waals surface area contributed by atoms with Crippen molar-refractivity contribution in [2.24, 2.45) is 4.99 Å². The molecule has 0 saturated carbocycles. The molecule has 0 fully saturated rings. The number of nitrogens with zero attached hydrogens (tertiary/aromatic N) is 2. The Labute approximate surface area is 141 Å². The number of benzene rings is 1. The third-order valence-electron chi connectivity index (χ3n) is 3.19. The van der Waals surface area contributed by atoms with Gasteiger partial charge in [0.15, 0.2) is 5.96 Å². The molecule has 2 rings (SSSR count). The average Bonchev–Trinajstić information content (AvgIpc) is 2.95. The highest BCUT2D eigenvalue weighted by molar-refractivity contribution is 7.11. The van der Waals surface area contributed by atoms with E-state index in [9.17, 15) is 0 Å². The van der Waals surface area contributed by atoms with Gasteiger partial charge < -0.3 is 15.4 Å². The molecule has 0 radical (unpaired) electrons. The molecule has 0 spiro atoms. The van der Waals surface area contributed by atoms with Crippen molar-refractivity contribution < 1.29 is 4.74 Å². The number of thiazole rings is 1. The van der Waals surface area contributed by atoms with Crippen LogP contribution in [0.1, 0.15) is 27.9 Å². The molecule has 1 heterocycles. The van der Waals surface area contributed by atoms with Crippen LogP contribution in [-0.2, 0) is 13.1 Å². The fourth-order valence-electron chi connectivity index (χ4n) is 2.19. The second kappa shape index (κ2) is 8.53.